The molecule has 2 aromatic carbocycles. The molecule has 1 amide bonds. The number of ether oxygens (including phenoxy) is 4. The van der Waals surface area contributed by atoms with E-state index < -0.39 is 48.9 Å². The number of amides is 1. The Hall–Kier alpha value is -4.54. The van der Waals surface area contributed by atoms with Crippen molar-refractivity contribution < 1.29 is 42.1 Å². The molecule has 206 valence electrons. The van der Waals surface area contributed by atoms with E-state index in [0.717, 1.165) is 17.7 Å². The van der Waals surface area contributed by atoms with Crippen molar-refractivity contribution in [1.29, 1.82) is 0 Å². The van der Waals surface area contributed by atoms with E-state index in [1.165, 1.54) is 32.4 Å². The molecule has 1 N–H and O–H groups in total. The predicted molar refractivity (Wildman–Crippen MR) is 135 cm³/mol. The van der Waals surface area contributed by atoms with Crippen LogP contribution in [0.15, 0.2) is 60.8 Å². The van der Waals surface area contributed by atoms with Crippen LogP contribution < -0.4 is 14.8 Å². The Labute approximate surface area is 224 Å². The fourth-order valence-electron chi connectivity index (χ4n) is 3.71. The standard InChI is InChI=1S/C28H28F2N2O7/c1-17(19-7-5-4-6-8-19)24(13-20-9-10-21(29)14-22(20)30)39-25(34)15-32-28(35)26-27(38-16-37-18(2)33)23(36-3)11-12-31-26/h4-12,14,17,24H,13,15-16H2,1-3H3,(H,32,35). The van der Waals surface area contributed by atoms with Crippen molar-refractivity contribution in [2.45, 2.75) is 32.3 Å². The molecular formula is C28H28F2N2O7. The molecule has 2 unspecified atom stereocenters. The van der Waals surface area contributed by atoms with E-state index in [0.29, 0.717) is 0 Å². The van der Waals surface area contributed by atoms with Gasteiger partial charge in [0.1, 0.15) is 24.3 Å². The molecule has 2 atom stereocenters. The number of halogens is 2. The fourth-order valence-corrected chi connectivity index (χ4v) is 3.71. The zero-order chi connectivity index (χ0) is 28.4. The molecular weight excluding hydrogens is 514 g/mol. The number of carbonyl (C=O) groups excluding carboxylic acids is 3. The molecule has 0 bridgehead atoms. The minimum atomic E-state index is -0.825. The number of methoxy groups -OCH3 is 1. The summed E-state index contributed by atoms with van der Waals surface area (Å²) in [5, 5.41) is 2.41. The van der Waals surface area contributed by atoms with E-state index in [4.69, 9.17) is 18.9 Å². The normalized spacial score (nSPS) is 12.1. The second-order valence-electron chi connectivity index (χ2n) is 8.44. The Balaban J connectivity index is 1.72. The Morgan fingerprint density at radius 1 is 1.05 bits per heavy atom. The number of carbonyl (C=O) groups is 3. The molecule has 0 aliphatic carbocycles. The van der Waals surface area contributed by atoms with Gasteiger partial charge in [-0.05, 0) is 17.2 Å². The highest BCUT2D eigenvalue weighted by molar-refractivity contribution is 5.97. The van der Waals surface area contributed by atoms with Crippen molar-refractivity contribution in [3.05, 3.63) is 89.2 Å². The smallest absolute Gasteiger partial charge is 0.325 e. The van der Waals surface area contributed by atoms with E-state index in [-0.39, 0.29) is 35.1 Å². The molecule has 39 heavy (non-hydrogen) atoms. The number of hydrogen-bond donors (Lipinski definition) is 1. The monoisotopic (exact) mass is 542 g/mol. The van der Waals surface area contributed by atoms with Gasteiger partial charge in [0.05, 0.1) is 7.11 Å². The summed E-state index contributed by atoms with van der Waals surface area (Å²) < 4.78 is 48.7. The Kier molecular flexibility index (Phi) is 10.3. The summed E-state index contributed by atoms with van der Waals surface area (Å²) in [7, 11) is 1.35. The Bertz CT molecular complexity index is 1300. The summed E-state index contributed by atoms with van der Waals surface area (Å²) in [4.78, 5) is 40.6. The SMILES string of the molecule is COc1ccnc(C(=O)NCC(=O)OC(Cc2ccc(F)cc2F)C(C)c2ccccc2)c1OCOC(C)=O. The van der Waals surface area contributed by atoms with Crippen molar-refractivity contribution in [2.24, 2.45) is 0 Å². The van der Waals surface area contributed by atoms with Crippen LogP contribution in [-0.2, 0) is 25.5 Å². The number of hydrogen-bond acceptors (Lipinski definition) is 8. The van der Waals surface area contributed by atoms with Crippen molar-refractivity contribution >= 4 is 17.8 Å². The van der Waals surface area contributed by atoms with Gasteiger partial charge in [-0.1, -0.05) is 43.3 Å². The van der Waals surface area contributed by atoms with Crippen LogP contribution in [0.25, 0.3) is 0 Å². The summed E-state index contributed by atoms with van der Waals surface area (Å²) in [6, 6.07) is 13.8. The molecule has 3 aromatic rings. The van der Waals surface area contributed by atoms with E-state index >= 15 is 0 Å². The molecule has 0 fully saturated rings. The van der Waals surface area contributed by atoms with Gasteiger partial charge in [-0.3, -0.25) is 14.4 Å². The average Bonchev–Trinajstić information content (AvgIpc) is 2.92. The first-order valence-corrected chi connectivity index (χ1v) is 11.9. The van der Waals surface area contributed by atoms with Gasteiger partial charge in [0.25, 0.3) is 5.91 Å². The largest absolute Gasteiger partial charge is 0.493 e. The number of nitrogens with zero attached hydrogens (tertiary/aromatic N) is 1. The lowest BCUT2D eigenvalue weighted by molar-refractivity contribution is -0.149. The third-order valence-electron chi connectivity index (χ3n) is 5.76. The molecule has 0 saturated heterocycles. The second-order valence-corrected chi connectivity index (χ2v) is 8.44. The lowest BCUT2D eigenvalue weighted by atomic mass is 9.91. The van der Waals surface area contributed by atoms with E-state index in [2.05, 4.69) is 10.3 Å². The van der Waals surface area contributed by atoms with Crippen molar-refractivity contribution in [3.63, 3.8) is 0 Å². The molecule has 3 rings (SSSR count). The van der Waals surface area contributed by atoms with Crippen LogP contribution in [0.2, 0.25) is 0 Å². The summed E-state index contributed by atoms with van der Waals surface area (Å²) in [6.45, 7) is 1.99. The molecule has 1 heterocycles. The minimum Gasteiger partial charge on any atom is -0.493 e. The highest BCUT2D eigenvalue weighted by Crippen LogP contribution is 2.30. The van der Waals surface area contributed by atoms with Gasteiger partial charge in [-0.15, -0.1) is 0 Å². The van der Waals surface area contributed by atoms with Crippen molar-refractivity contribution in [1.82, 2.24) is 10.3 Å². The van der Waals surface area contributed by atoms with Gasteiger partial charge in [0.2, 0.25) is 6.79 Å². The molecule has 0 spiro atoms. The topological polar surface area (TPSA) is 113 Å². The Morgan fingerprint density at radius 3 is 2.46 bits per heavy atom. The number of benzene rings is 2. The van der Waals surface area contributed by atoms with Crippen LogP contribution in [-0.4, -0.2) is 49.4 Å². The number of aromatic nitrogens is 1. The maximum absolute atomic E-state index is 14.4. The van der Waals surface area contributed by atoms with Crippen LogP contribution in [0.1, 0.15) is 41.4 Å². The molecule has 11 heteroatoms. The maximum Gasteiger partial charge on any atom is 0.325 e. The first-order valence-electron chi connectivity index (χ1n) is 11.9. The Morgan fingerprint density at radius 2 is 1.79 bits per heavy atom. The van der Waals surface area contributed by atoms with Gasteiger partial charge in [-0.25, -0.2) is 13.8 Å². The fraction of sp³-hybridized carbons (Fsp3) is 0.286. The van der Waals surface area contributed by atoms with Gasteiger partial charge < -0.3 is 24.3 Å². The van der Waals surface area contributed by atoms with Gasteiger partial charge in [0.15, 0.2) is 17.2 Å². The average molecular weight is 543 g/mol. The van der Waals surface area contributed by atoms with Gasteiger partial charge >= 0.3 is 11.9 Å². The molecule has 9 nitrogen and oxygen atoms in total. The summed E-state index contributed by atoms with van der Waals surface area (Å²) in [5.41, 5.74) is 0.810. The van der Waals surface area contributed by atoms with Gasteiger partial charge in [0, 0.05) is 37.6 Å². The van der Waals surface area contributed by atoms with Crippen LogP contribution in [0.4, 0.5) is 8.78 Å². The molecule has 0 saturated carbocycles. The third kappa shape index (κ3) is 8.22. The molecule has 0 aliphatic rings. The zero-order valence-electron chi connectivity index (χ0n) is 21.6. The first-order chi connectivity index (χ1) is 18.7. The first kappa shape index (κ1) is 29.0. The predicted octanol–water partition coefficient (Wildman–Crippen LogP) is 3.96. The lowest BCUT2D eigenvalue weighted by Crippen LogP contribution is -2.35. The number of nitrogens with one attached hydrogen (secondary N) is 1. The highest BCUT2D eigenvalue weighted by Gasteiger charge is 2.26. The van der Waals surface area contributed by atoms with Crippen molar-refractivity contribution in [2.75, 3.05) is 20.4 Å². The van der Waals surface area contributed by atoms with Crippen LogP contribution in [0, 0.1) is 11.6 Å². The number of pyridine rings is 1. The van der Waals surface area contributed by atoms with E-state index in [1.807, 2.05) is 37.3 Å². The molecule has 0 radical (unpaired) electrons. The van der Waals surface area contributed by atoms with Crippen LogP contribution in [0.3, 0.4) is 0 Å². The third-order valence-corrected chi connectivity index (χ3v) is 5.76. The summed E-state index contributed by atoms with van der Waals surface area (Å²) in [6.07, 6.45) is 0.460. The summed E-state index contributed by atoms with van der Waals surface area (Å²) in [5.74, 6) is -3.91. The van der Waals surface area contributed by atoms with Crippen molar-refractivity contribution in [3.8, 4) is 11.5 Å². The van der Waals surface area contributed by atoms with Gasteiger partial charge in [-0.2, -0.15) is 0 Å². The van der Waals surface area contributed by atoms with Crippen LogP contribution in [0.5, 0.6) is 11.5 Å². The molecule has 1 aromatic heterocycles. The maximum atomic E-state index is 14.4. The van der Waals surface area contributed by atoms with E-state index in [1.54, 1.807) is 0 Å². The number of rotatable bonds is 12. The quantitative estimate of drug-likeness (QED) is 0.270. The lowest BCUT2D eigenvalue weighted by Gasteiger charge is -2.25. The summed E-state index contributed by atoms with van der Waals surface area (Å²) >= 11 is 0. The second kappa shape index (κ2) is 13.8. The minimum absolute atomic E-state index is 0.0204. The number of esters is 2. The van der Waals surface area contributed by atoms with E-state index in [9.17, 15) is 23.2 Å². The zero-order valence-corrected chi connectivity index (χ0v) is 21.6. The molecule has 0 aliphatic heterocycles. The van der Waals surface area contributed by atoms with Crippen LogP contribution >= 0.6 is 0 Å². The highest BCUT2D eigenvalue weighted by atomic mass is 19.1.